The monoisotopic (exact) mass is 596 g/mol. The topological polar surface area (TPSA) is 127 Å². The van der Waals surface area contributed by atoms with Gasteiger partial charge in [-0.25, -0.2) is 18.6 Å². The maximum Gasteiger partial charge on any atom is 0.407 e. The number of hydrogen-bond donors (Lipinski definition) is 3. The first-order chi connectivity index (χ1) is 20.3. The number of alkyl carbamates (subject to hydrolysis) is 1. The minimum atomic E-state index is -2.89. The number of benzene rings is 2. The van der Waals surface area contributed by atoms with Crippen molar-refractivity contribution in [2.24, 2.45) is 0 Å². The molecule has 2 aromatic carbocycles. The van der Waals surface area contributed by atoms with Crippen LogP contribution in [0.2, 0.25) is 5.15 Å². The maximum atomic E-state index is 13.7. The van der Waals surface area contributed by atoms with Gasteiger partial charge in [0.1, 0.15) is 24.3 Å². The van der Waals surface area contributed by atoms with Gasteiger partial charge in [0.05, 0.1) is 11.9 Å². The summed E-state index contributed by atoms with van der Waals surface area (Å²) in [6, 6.07) is 19.3. The van der Waals surface area contributed by atoms with E-state index in [1.54, 1.807) is 36.4 Å². The van der Waals surface area contributed by atoms with Gasteiger partial charge in [-0.1, -0.05) is 72.3 Å². The van der Waals surface area contributed by atoms with Crippen LogP contribution in [0.1, 0.15) is 28.4 Å². The number of halogens is 3. The fraction of sp³-hybridized carbons (Fsp3) is 0.207. The molecule has 2 heterocycles. The van der Waals surface area contributed by atoms with Crippen molar-refractivity contribution in [1.82, 2.24) is 25.2 Å². The SMILES string of the molecule is O=C(Cn1c(Cl)cnc(NC(c2ccccn2)C(F)F)c1=O)NCc1ccccc1CNC(=O)OCc1ccccc1. The number of anilines is 1. The third kappa shape index (κ3) is 8.33. The molecule has 0 aliphatic heterocycles. The first-order valence-corrected chi connectivity index (χ1v) is 13.2. The molecule has 0 bridgehead atoms. The quantitative estimate of drug-likeness (QED) is 0.220. The molecule has 3 N–H and O–H groups in total. The average Bonchev–Trinajstić information content (AvgIpc) is 3.00. The first kappa shape index (κ1) is 30.1. The summed E-state index contributed by atoms with van der Waals surface area (Å²) in [7, 11) is 0. The van der Waals surface area contributed by atoms with Crippen LogP contribution in [0.5, 0.6) is 0 Å². The van der Waals surface area contributed by atoms with Crippen LogP contribution in [0.25, 0.3) is 0 Å². The molecule has 1 unspecified atom stereocenters. The Kier molecular flexibility index (Phi) is 10.5. The van der Waals surface area contributed by atoms with Gasteiger partial charge in [0, 0.05) is 19.3 Å². The van der Waals surface area contributed by atoms with Gasteiger partial charge in [0.25, 0.3) is 12.0 Å². The summed E-state index contributed by atoms with van der Waals surface area (Å²) >= 11 is 6.12. The molecule has 0 saturated carbocycles. The van der Waals surface area contributed by atoms with Gasteiger partial charge in [0.15, 0.2) is 5.82 Å². The molecule has 0 saturated heterocycles. The second-order valence-corrected chi connectivity index (χ2v) is 9.38. The molecule has 13 heteroatoms. The number of amides is 2. The number of carbonyl (C=O) groups is 2. The molecule has 0 aliphatic carbocycles. The Morgan fingerprint density at radius 1 is 0.905 bits per heavy atom. The summed E-state index contributed by atoms with van der Waals surface area (Å²) in [6.07, 6.45) is -1.03. The highest BCUT2D eigenvalue weighted by Gasteiger charge is 2.26. The van der Waals surface area contributed by atoms with Gasteiger partial charge < -0.3 is 20.7 Å². The number of ether oxygens (including phenoxy) is 1. The second-order valence-electron chi connectivity index (χ2n) is 8.99. The van der Waals surface area contributed by atoms with Gasteiger partial charge in [-0.05, 0) is 28.8 Å². The zero-order chi connectivity index (χ0) is 29.9. The van der Waals surface area contributed by atoms with E-state index in [1.807, 2.05) is 30.3 Å². The third-order valence-electron chi connectivity index (χ3n) is 6.09. The number of carbonyl (C=O) groups excluding carboxylic acids is 2. The Hall–Kier alpha value is -4.84. The standard InChI is InChI=1S/C29H27ClF2N6O4/c30-23-16-35-27(37-25(26(31)32)22-12-6-7-13-33-22)28(40)38(23)17-24(39)34-14-20-10-4-5-11-21(20)15-36-29(41)42-18-19-8-2-1-3-9-19/h1-13,16,25-26H,14-15,17-18H2,(H,34,39)(H,35,37)(H,36,41). The number of rotatable bonds is 12. The summed E-state index contributed by atoms with van der Waals surface area (Å²) in [5.41, 5.74) is 1.49. The summed E-state index contributed by atoms with van der Waals surface area (Å²) in [6.45, 7) is -0.105. The maximum absolute atomic E-state index is 13.7. The third-order valence-corrected chi connectivity index (χ3v) is 6.39. The molecule has 10 nitrogen and oxygen atoms in total. The fourth-order valence-electron chi connectivity index (χ4n) is 3.92. The molecule has 42 heavy (non-hydrogen) atoms. The van der Waals surface area contributed by atoms with Crippen molar-refractivity contribution in [3.63, 3.8) is 0 Å². The number of nitrogens with zero attached hydrogens (tertiary/aromatic N) is 3. The van der Waals surface area contributed by atoms with E-state index in [2.05, 4.69) is 25.9 Å². The highest BCUT2D eigenvalue weighted by atomic mass is 35.5. The number of alkyl halides is 2. The van der Waals surface area contributed by atoms with Crippen LogP contribution in [0.4, 0.5) is 19.4 Å². The van der Waals surface area contributed by atoms with Gasteiger partial charge >= 0.3 is 6.09 Å². The molecule has 2 aromatic heterocycles. The van der Waals surface area contributed by atoms with E-state index in [1.165, 1.54) is 12.3 Å². The Morgan fingerprint density at radius 3 is 2.24 bits per heavy atom. The van der Waals surface area contributed by atoms with Gasteiger partial charge in [-0.15, -0.1) is 0 Å². The van der Waals surface area contributed by atoms with Crippen molar-refractivity contribution >= 4 is 29.4 Å². The second kappa shape index (κ2) is 14.7. The predicted molar refractivity (Wildman–Crippen MR) is 152 cm³/mol. The summed E-state index contributed by atoms with van der Waals surface area (Å²) in [5.74, 6) is -0.963. The minimum Gasteiger partial charge on any atom is -0.445 e. The van der Waals surface area contributed by atoms with Crippen LogP contribution in [0, 0.1) is 0 Å². The number of pyridine rings is 1. The fourth-order valence-corrected chi connectivity index (χ4v) is 4.11. The average molecular weight is 597 g/mol. The normalized spacial score (nSPS) is 11.5. The lowest BCUT2D eigenvalue weighted by atomic mass is 10.1. The number of hydrogen-bond acceptors (Lipinski definition) is 7. The molecule has 4 aromatic rings. The zero-order valence-electron chi connectivity index (χ0n) is 22.2. The molecule has 0 aliphatic rings. The largest absolute Gasteiger partial charge is 0.445 e. The molecule has 0 radical (unpaired) electrons. The van der Waals surface area contributed by atoms with Gasteiger partial charge in [0.2, 0.25) is 5.91 Å². The van der Waals surface area contributed by atoms with Crippen molar-refractivity contribution in [2.75, 3.05) is 5.32 Å². The molecular weight excluding hydrogens is 570 g/mol. The minimum absolute atomic E-state index is 0.0190. The van der Waals surface area contributed by atoms with E-state index in [0.29, 0.717) is 0 Å². The lowest BCUT2D eigenvalue weighted by Crippen LogP contribution is -2.35. The van der Waals surface area contributed by atoms with Crippen LogP contribution in [0.15, 0.2) is 90.0 Å². The van der Waals surface area contributed by atoms with Crippen LogP contribution in [-0.2, 0) is 35.8 Å². The van der Waals surface area contributed by atoms with Gasteiger partial charge in [-0.2, -0.15) is 0 Å². The highest BCUT2D eigenvalue weighted by Crippen LogP contribution is 2.22. The van der Waals surface area contributed by atoms with Crippen molar-refractivity contribution in [3.05, 3.63) is 123 Å². The summed E-state index contributed by atoms with van der Waals surface area (Å²) < 4.78 is 33.6. The highest BCUT2D eigenvalue weighted by molar-refractivity contribution is 6.29. The van der Waals surface area contributed by atoms with E-state index in [0.717, 1.165) is 27.5 Å². The molecule has 2 amide bonds. The van der Waals surface area contributed by atoms with Crippen molar-refractivity contribution in [1.29, 1.82) is 0 Å². The molecule has 0 fully saturated rings. The lowest BCUT2D eigenvalue weighted by molar-refractivity contribution is -0.121. The van der Waals surface area contributed by atoms with Crippen LogP contribution in [-0.4, -0.2) is 33.0 Å². The van der Waals surface area contributed by atoms with Crippen molar-refractivity contribution in [3.8, 4) is 0 Å². The Balaban J connectivity index is 1.35. The number of aromatic nitrogens is 3. The van der Waals surface area contributed by atoms with E-state index in [-0.39, 0.29) is 30.5 Å². The van der Waals surface area contributed by atoms with Crippen LogP contribution in [0.3, 0.4) is 0 Å². The smallest absolute Gasteiger partial charge is 0.407 e. The molecule has 0 spiro atoms. The zero-order valence-corrected chi connectivity index (χ0v) is 22.9. The van der Waals surface area contributed by atoms with Gasteiger partial charge in [-0.3, -0.25) is 19.1 Å². The molecule has 4 rings (SSSR count). The molecular formula is C29H27ClF2N6O4. The van der Waals surface area contributed by atoms with Crippen LogP contribution < -0.4 is 21.5 Å². The number of nitrogens with one attached hydrogen (secondary N) is 3. The Morgan fingerprint density at radius 2 is 1.57 bits per heavy atom. The Labute approximate surface area is 244 Å². The predicted octanol–water partition coefficient (Wildman–Crippen LogP) is 4.45. The summed E-state index contributed by atoms with van der Waals surface area (Å²) in [4.78, 5) is 45.7. The molecule has 218 valence electrons. The summed E-state index contributed by atoms with van der Waals surface area (Å²) in [5, 5.41) is 7.66. The van der Waals surface area contributed by atoms with Crippen molar-refractivity contribution < 1.29 is 23.1 Å². The lowest BCUT2D eigenvalue weighted by Gasteiger charge is -2.18. The Bertz CT molecular complexity index is 1560. The first-order valence-electron chi connectivity index (χ1n) is 12.8. The van der Waals surface area contributed by atoms with Crippen LogP contribution >= 0.6 is 11.6 Å². The van der Waals surface area contributed by atoms with E-state index < -0.39 is 42.4 Å². The van der Waals surface area contributed by atoms with Crippen molar-refractivity contribution in [2.45, 2.75) is 38.7 Å². The van der Waals surface area contributed by atoms with E-state index >= 15 is 0 Å². The van der Waals surface area contributed by atoms with E-state index in [9.17, 15) is 23.2 Å². The van der Waals surface area contributed by atoms with E-state index in [4.69, 9.17) is 16.3 Å². The molecule has 1 atom stereocenters.